The van der Waals surface area contributed by atoms with Crippen LogP contribution in [0.25, 0.3) is 0 Å². The SMILES string of the molecule is CC(C)c1ccc(C2CC(C(C)(C)C)CCC2CN)cc1. The molecule has 0 spiro atoms. The summed E-state index contributed by atoms with van der Waals surface area (Å²) in [5.74, 6) is 2.73. The van der Waals surface area contributed by atoms with E-state index in [1.807, 2.05) is 0 Å². The average Bonchev–Trinajstić information content (AvgIpc) is 2.45. The van der Waals surface area contributed by atoms with Gasteiger partial charge in [-0.1, -0.05) is 58.9 Å². The fourth-order valence-corrected chi connectivity index (χ4v) is 3.84. The topological polar surface area (TPSA) is 26.0 Å². The van der Waals surface area contributed by atoms with Gasteiger partial charge in [-0.3, -0.25) is 0 Å². The number of hydrogen-bond donors (Lipinski definition) is 1. The standard InChI is InChI=1S/C20H33N/c1-14(2)15-6-8-16(9-7-15)19-12-18(20(3,4)5)11-10-17(19)13-21/h6-9,14,17-19H,10-13,21H2,1-5H3. The minimum Gasteiger partial charge on any atom is -0.330 e. The van der Waals surface area contributed by atoms with Gasteiger partial charge in [-0.2, -0.15) is 0 Å². The highest BCUT2D eigenvalue weighted by Gasteiger charge is 2.35. The van der Waals surface area contributed by atoms with Crippen molar-refractivity contribution >= 4 is 0 Å². The molecule has 1 aromatic rings. The van der Waals surface area contributed by atoms with Crippen LogP contribution < -0.4 is 5.73 Å². The van der Waals surface area contributed by atoms with Gasteiger partial charge in [0.15, 0.2) is 0 Å². The lowest BCUT2D eigenvalue weighted by Crippen LogP contribution is -2.34. The summed E-state index contributed by atoms with van der Waals surface area (Å²) in [4.78, 5) is 0. The van der Waals surface area contributed by atoms with Gasteiger partial charge in [0.2, 0.25) is 0 Å². The first kappa shape index (κ1) is 16.5. The van der Waals surface area contributed by atoms with Crippen LogP contribution in [0, 0.1) is 17.3 Å². The van der Waals surface area contributed by atoms with E-state index < -0.39 is 0 Å². The summed E-state index contributed by atoms with van der Waals surface area (Å²) in [5.41, 5.74) is 9.42. The van der Waals surface area contributed by atoms with Gasteiger partial charge >= 0.3 is 0 Å². The average molecular weight is 287 g/mol. The van der Waals surface area contributed by atoms with E-state index in [0.29, 0.717) is 23.2 Å². The Labute approximate surface area is 131 Å². The Morgan fingerprint density at radius 3 is 2.19 bits per heavy atom. The Kier molecular flexibility index (Phi) is 5.14. The third kappa shape index (κ3) is 3.88. The maximum absolute atomic E-state index is 6.06. The second-order valence-corrected chi connectivity index (χ2v) is 8.30. The van der Waals surface area contributed by atoms with Crippen molar-refractivity contribution in [2.45, 2.75) is 65.7 Å². The molecular weight excluding hydrogens is 254 g/mol. The second-order valence-electron chi connectivity index (χ2n) is 8.30. The molecule has 1 fully saturated rings. The minimum atomic E-state index is 0.412. The largest absolute Gasteiger partial charge is 0.330 e. The molecular formula is C20H33N. The summed E-state index contributed by atoms with van der Waals surface area (Å²) < 4.78 is 0. The molecule has 21 heavy (non-hydrogen) atoms. The fraction of sp³-hybridized carbons (Fsp3) is 0.700. The van der Waals surface area contributed by atoms with Crippen LogP contribution in [0.3, 0.4) is 0 Å². The number of nitrogens with two attached hydrogens (primary N) is 1. The molecule has 0 saturated heterocycles. The van der Waals surface area contributed by atoms with Crippen molar-refractivity contribution in [1.82, 2.24) is 0 Å². The molecule has 0 aliphatic heterocycles. The van der Waals surface area contributed by atoms with Crippen LogP contribution in [0.1, 0.15) is 76.8 Å². The maximum Gasteiger partial charge on any atom is -0.00430 e. The molecule has 1 aliphatic carbocycles. The van der Waals surface area contributed by atoms with Crippen molar-refractivity contribution < 1.29 is 0 Å². The van der Waals surface area contributed by atoms with Gasteiger partial charge in [0.05, 0.1) is 0 Å². The van der Waals surface area contributed by atoms with Crippen molar-refractivity contribution in [1.29, 1.82) is 0 Å². The van der Waals surface area contributed by atoms with E-state index >= 15 is 0 Å². The maximum atomic E-state index is 6.06. The van der Waals surface area contributed by atoms with Crippen molar-refractivity contribution in [3.05, 3.63) is 35.4 Å². The summed E-state index contributed by atoms with van der Waals surface area (Å²) in [6.45, 7) is 12.5. The lowest BCUT2D eigenvalue weighted by atomic mass is 9.64. The molecule has 0 heterocycles. The molecule has 1 aliphatic rings. The van der Waals surface area contributed by atoms with E-state index in [4.69, 9.17) is 5.73 Å². The molecule has 0 aromatic heterocycles. The summed E-state index contributed by atoms with van der Waals surface area (Å²) in [6.07, 6.45) is 3.92. The van der Waals surface area contributed by atoms with Gasteiger partial charge in [-0.15, -0.1) is 0 Å². The molecule has 1 saturated carbocycles. The third-order valence-electron chi connectivity index (χ3n) is 5.55. The normalized spacial score (nSPS) is 27.1. The fourth-order valence-electron chi connectivity index (χ4n) is 3.84. The Balaban J connectivity index is 2.20. The van der Waals surface area contributed by atoms with Crippen LogP contribution in [0.5, 0.6) is 0 Å². The lowest BCUT2D eigenvalue weighted by Gasteiger charge is -2.42. The van der Waals surface area contributed by atoms with Gasteiger partial charge in [0, 0.05) is 0 Å². The van der Waals surface area contributed by atoms with Crippen molar-refractivity contribution in [3.8, 4) is 0 Å². The van der Waals surface area contributed by atoms with Gasteiger partial charge in [-0.25, -0.2) is 0 Å². The first-order chi connectivity index (χ1) is 9.82. The van der Waals surface area contributed by atoms with Crippen molar-refractivity contribution in [2.75, 3.05) is 6.54 Å². The van der Waals surface area contributed by atoms with E-state index in [1.54, 1.807) is 0 Å². The molecule has 3 unspecified atom stereocenters. The van der Waals surface area contributed by atoms with Gasteiger partial charge < -0.3 is 5.73 Å². The third-order valence-corrected chi connectivity index (χ3v) is 5.55. The quantitative estimate of drug-likeness (QED) is 0.800. The highest BCUT2D eigenvalue weighted by molar-refractivity contribution is 5.28. The Morgan fingerprint density at radius 1 is 1.10 bits per heavy atom. The second kappa shape index (κ2) is 6.52. The predicted molar refractivity (Wildman–Crippen MR) is 92.6 cm³/mol. The van der Waals surface area contributed by atoms with Crippen LogP contribution in [0.4, 0.5) is 0 Å². The van der Waals surface area contributed by atoms with Gasteiger partial charge in [0.1, 0.15) is 0 Å². The molecule has 0 bridgehead atoms. The van der Waals surface area contributed by atoms with Crippen LogP contribution >= 0.6 is 0 Å². The van der Waals surface area contributed by atoms with Crippen LogP contribution in [0.2, 0.25) is 0 Å². The Hall–Kier alpha value is -0.820. The summed E-state index contributed by atoms with van der Waals surface area (Å²) >= 11 is 0. The Morgan fingerprint density at radius 2 is 1.71 bits per heavy atom. The molecule has 2 rings (SSSR count). The number of rotatable bonds is 3. The van der Waals surface area contributed by atoms with Gasteiger partial charge in [-0.05, 0) is 66.0 Å². The number of hydrogen-bond acceptors (Lipinski definition) is 1. The van der Waals surface area contributed by atoms with E-state index in [1.165, 1.54) is 30.4 Å². The van der Waals surface area contributed by atoms with Crippen LogP contribution in [0.15, 0.2) is 24.3 Å². The molecule has 3 atom stereocenters. The molecule has 0 radical (unpaired) electrons. The zero-order chi connectivity index (χ0) is 15.6. The van der Waals surface area contributed by atoms with Crippen LogP contribution in [-0.4, -0.2) is 6.54 Å². The van der Waals surface area contributed by atoms with Crippen molar-refractivity contribution in [3.63, 3.8) is 0 Å². The minimum absolute atomic E-state index is 0.412. The smallest absolute Gasteiger partial charge is 0.00430 e. The summed E-state index contributed by atoms with van der Waals surface area (Å²) in [6, 6.07) is 9.34. The van der Waals surface area contributed by atoms with E-state index in [-0.39, 0.29) is 0 Å². The number of benzene rings is 1. The molecule has 1 aromatic carbocycles. The zero-order valence-electron chi connectivity index (χ0n) is 14.5. The van der Waals surface area contributed by atoms with E-state index in [9.17, 15) is 0 Å². The van der Waals surface area contributed by atoms with Crippen molar-refractivity contribution in [2.24, 2.45) is 23.0 Å². The molecule has 1 heteroatoms. The summed E-state index contributed by atoms with van der Waals surface area (Å²) in [5, 5.41) is 0. The first-order valence-corrected chi connectivity index (χ1v) is 8.62. The zero-order valence-corrected chi connectivity index (χ0v) is 14.5. The summed E-state index contributed by atoms with van der Waals surface area (Å²) in [7, 11) is 0. The van der Waals surface area contributed by atoms with E-state index in [0.717, 1.165) is 12.5 Å². The predicted octanol–water partition coefficient (Wildman–Crippen LogP) is 5.31. The lowest BCUT2D eigenvalue weighted by molar-refractivity contribution is 0.133. The van der Waals surface area contributed by atoms with E-state index in [2.05, 4.69) is 58.9 Å². The Bertz CT molecular complexity index is 438. The highest BCUT2D eigenvalue weighted by atomic mass is 14.6. The molecule has 2 N–H and O–H groups in total. The molecule has 118 valence electrons. The monoisotopic (exact) mass is 287 g/mol. The van der Waals surface area contributed by atoms with Gasteiger partial charge in [0.25, 0.3) is 0 Å². The highest BCUT2D eigenvalue weighted by Crippen LogP contribution is 2.46. The first-order valence-electron chi connectivity index (χ1n) is 8.62. The van der Waals surface area contributed by atoms with Crippen LogP contribution in [-0.2, 0) is 0 Å². The molecule has 1 nitrogen and oxygen atoms in total. The molecule has 0 amide bonds.